The second-order valence-electron chi connectivity index (χ2n) is 6.17. The predicted molar refractivity (Wildman–Crippen MR) is 94.2 cm³/mol. The minimum absolute atomic E-state index is 0.0271. The molecule has 1 aromatic carbocycles. The van der Waals surface area contributed by atoms with E-state index >= 15 is 0 Å². The molecule has 24 heavy (non-hydrogen) atoms. The maximum Gasteiger partial charge on any atom is 0.343 e. The number of nitrogens with one attached hydrogen (secondary N) is 2. The van der Waals surface area contributed by atoms with Gasteiger partial charge in [-0.05, 0) is 24.8 Å². The van der Waals surface area contributed by atoms with Gasteiger partial charge in [-0.25, -0.2) is 9.89 Å². The number of H-pyrrole nitrogens is 1. The molecule has 1 heterocycles. The Kier molecular flexibility index (Phi) is 5.08. The molecule has 0 radical (unpaired) electrons. The van der Waals surface area contributed by atoms with Crippen molar-refractivity contribution in [3.05, 3.63) is 46.4 Å². The monoisotopic (exact) mass is 346 g/mol. The van der Waals surface area contributed by atoms with Crippen LogP contribution < -0.4 is 11.0 Å². The molecule has 2 N–H and O–H groups in total. The van der Waals surface area contributed by atoms with Gasteiger partial charge in [0.15, 0.2) is 5.16 Å². The fourth-order valence-electron chi connectivity index (χ4n) is 2.79. The van der Waals surface area contributed by atoms with Gasteiger partial charge in [-0.2, -0.15) is 0 Å². The molecule has 7 heteroatoms. The molecule has 0 aliphatic heterocycles. The number of nitrogens with zero attached hydrogens (tertiary/aromatic N) is 2. The zero-order valence-corrected chi connectivity index (χ0v) is 14.6. The molecule has 0 unspecified atom stereocenters. The first kappa shape index (κ1) is 16.8. The Hall–Kier alpha value is -2.02. The molecule has 0 saturated heterocycles. The third kappa shape index (κ3) is 3.72. The van der Waals surface area contributed by atoms with Gasteiger partial charge >= 0.3 is 5.69 Å². The largest absolute Gasteiger partial charge is 0.354 e. The Bertz CT molecular complexity index is 749. The molecular formula is C17H22N4O2S. The van der Waals surface area contributed by atoms with E-state index in [4.69, 9.17) is 0 Å². The molecular weight excluding hydrogens is 324 g/mol. The van der Waals surface area contributed by atoms with E-state index in [-0.39, 0.29) is 22.8 Å². The Morgan fingerprint density at radius 2 is 2.12 bits per heavy atom. The standard InChI is InChI=1S/C17H22N4O2S/c1-2-10-21-15(23)19-20-16(21)24-11-14(22)18-12-17(8-9-17)13-6-4-3-5-7-13/h3-7H,2,8-12H2,1H3,(H,18,22)(H,19,23). The molecule has 0 atom stereocenters. The second kappa shape index (κ2) is 7.25. The molecule has 1 saturated carbocycles. The number of aromatic amines is 1. The Labute approximate surface area is 145 Å². The topological polar surface area (TPSA) is 79.8 Å². The molecule has 128 valence electrons. The minimum Gasteiger partial charge on any atom is -0.354 e. The highest BCUT2D eigenvalue weighted by Gasteiger charge is 2.44. The van der Waals surface area contributed by atoms with Gasteiger partial charge in [-0.1, -0.05) is 49.0 Å². The van der Waals surface area contributed by atoms with Crippen LogP contribution in [0.15, 0.2) is 40.3 Å². The predicted octanol–water partition coefficient (Wildman–Crippen LogP) is 1.92. The van der Waals surface area contributed by atoms with E-state index in [1.54, 1.807) is 4.57 Å². The summed E-state index contributed by atoms with van der Waals surface area (Å²) in [6.45, 7) is 3.27. The van der Waals surface area contributed by atoms with Gasteiger partial charge in [-0.3, -0.25) is 9.36 Å². The summed E-state index contributed by atoms with van der Waals surface area (Å²) in [5.74, 6) is 0.236. The summed E-state index contributed by atoms with van der Waals surface area (Å²) in [7, 11) is 0. The van der Waals surface area contributed by atoms with Gasteiger partial charge in [0.1, 0.15) is 0 Å². The van der Waals surface area contributed by atoms with E-state index in [1.165, 1.54) is 17.3 Å². The van der Waals surface area contributed by atoms with E-state index in [9.17, 15) is 9.59 Å². The number of amides is 1. The van der Waals surface area contributed by atoms with Crippen LogP contribution in [0.25, 0.3) is 0 Å². The Balaban J connectivity index is 1.51. The van der Waals surface area contributed by atoms with Crippen LogP contribution in [0.5, 0.6) is 0 Å². The molecule has 1 aliphatic carbocycles. The average molecular weight is 346 g/mol. The van der Waals surface area contributed by atoms with E-state index in [0.717, 1.165) is 19.3 Å². The number of hydrogen-bond acceptors (Lipinski definition) is 4. The minimum atomic E-state index is -0.222. The molecule has 1 aliphatic rings. The van der Waals surface area contributed by atoms with Crippen LogP contribution in [0.2, 0.25) is 0 Å². The summed E-state index contributed by atoms with van der Waals surface area (Å²) in [5.41, 5.74) is 1.18. The van der Waals surface area contributed by atoms with Crippen LogP contribution in [0.4, 0.5) is 0 Å². The van der Waals surface area contributed by atoms with Gasteiger partial charge in [-0.15, -0.1) is 5.10 Å². The molecule has 6 nitrogen and oxygen atoms in total. The normalized spacial score (nSPS) is 15.2. The van der Waals surface area contributed by atoms with Crippen molar-refractivity contribution >= 4 is 17.7 Å². The number of carbonyl (C=O) groups is 1. The summed E-state index contributed by atoms with van der Waals surface area (Å²) in [5, 5.41) is 10.0. The molecule has 1 aromatic heterocycles. The van der Waals surface area contributed by atoms with Gasteiger partial charge in [0.05, 0.1) is 5.75 Å². The zero-order valence-electron chi connectivity index (χ0n) is 13.7. The Morgan fingerprint density at radius 3 is 2.79 bits per heavy atom. The highest BCUT2D eigenvalue weighted by atomic mass is 32.2. The van der Waals surface area contributed by atoms with Crippen LogP contribution in [0.1, 0.15) is 31.7 Å². The lowest BCUT2D eigenvalue weighted by Gasteiger charge is -2.16. The number of aromatic nitrogens is 3. The highest BCUT2D eigenvalue weighted by Crippen LogP contribution is 2.47. The van der Waals surface area contributed by atoms with E-state index in [2.05, 4.69) is 27.6 Å². The second-order valence-corrected chi connectivity index (χ2v) is 7.12. The molecule has 0 spiro atoms. The maximum atomic E-state index is 12.1. The number of rotatable bonds is 8. The number of carbonyl (C=O) groups excluding carboxylic acids is 1. The van der Waals surface area contributed by atoms with Crippen molar-refractivity contribution in [2.45, 2.75) is 43.3 Å². The zero-order chi connectivity index (χ0) is 17.0. The van der Waals surface area contributed by atoms with Crippen molar-refractivity contribution in [1.82, 2.24) is 20.1 Å². The fourth-order valence-corrected chi connectivity index (χ4v) is 3.60. The first-order valence-corrected chi connectivity index (χ1v) is 9.23. The first-order chi connectivity index (χ1) is 11.6. The highest BCUT2D eigenvalue weighted by molar-refractivity contribution is 7.99. The number of hydrogen-bond donors (Lipinski definition) is 2. The van der Waals surface area contributed by atoms with Gasteiger partial charge in [0.2, 0.25) is 5.91 Å². The van der Waals surface area contributed by atoms with Gasteiger partial charge < -0.3 is 5.32 Å². The first-order valence-electron chi connectivity index (χ1n) is 8.25. The molecule has 0 bridgehead atoms. The third-order valence-electron chi connectivity index (χ3n) is 4.37. The van der Waals surface area contributed by atoms with Crippen LogP contribution in [0.3, 0.4) is 0 Å². The number of benzene rings is 1. The summed E-state index contributed by atoms with van der Waals surface area (Å²) in [6.07, 6.45) is 3.07. The van der Waals surface area contributed by atoms with Crippen molar-refractivity contribution in [3.8, 4) is 0 Å². The lowest BCUT2D eigenvalue weighted by Crippen LogP contribution is -2.33. The maximum absolute atomic E-state index is 12.1. The number of thioether (sulfide) groups is 1. The van der Waals surface area contributed by atoms with E-state index < -0.39 is 0 Å². The van der Waals surface area contributed by atoms with E-state index in [1.807, 2.05) is 25.1 Å². The van der Waals surface area contributed by atoms with Crippen LogP contribution in [0, 0.1) is 0 Å². The van der Waals surface area contributed by atoms with Crippen molar-refractivity contribution in [2.24, 2.45) is 0 Å². The summed E-state index contributed by atoms with van der Waals surface area (Å²) in [6, 6.07) is 10.3. The van der Waals surface area contributed by atoms with Gasteiger partial charge in [0, 0.05) is 18.5 Å². The van der Waals surface area contributed by atoms with Crippen molar-refractivity contribution in [3.63, 3.8) is 0 Å². The van der Waals surface area contributed by atoms with Crippen LogP contribution in [-0.4, -0.2) is 33.0 Å². The SMILES string of the molecule is CCCn1c(SCC(=O)NCC2(c3ccccc3)CC2)n[nH]c1=O. The quantitative estimate of drug-likeness (QED) is 0.716. The summed E-state index contributed by atoms with van der Waals surface area (Å²) >= 11 is 1.29. The summed E-state index contributed by atoms with van der Waals surface area (Å²) in [4.78, 5) is 23.8. The van der Waals surface area contributed by atoms with Crippen molar-refractivity contribution in [1.29, 1.82) is 0 Å². The molecule has 2 aromatic rings. The lowest BCUT2D eigenvalue weighted by atomic mass is 9.96. The third-order valence-corrected chi connectivity index (χ3v) is 5.34. The Morgan fingerprint density at radius 1 is 1.38 bits per heavy atom. The van der Waals surface area contributed by atoms with E-state index in [0.29, 0.717) is 18.2 Å². The molecule has 3 rings (SSSR count). The van der Waals surface area contributed by atoms with Crippen molar-refractivity contribution < 1.29 is 4.79 Å². The van der Waals surface area contributed by atoms with Crippen LogP contribution in [-0.2, 0) is 16.8 Å². The lowest BCUT2D eigenvalue weighted by molar-refractivity contribution is -0.118. The summed E-state index contributed by atoms with van der Waals surface area (Å²) < 4.78 is 1.57. The average Bonchev–Trinajstić information content (AvgIpc) is 3.33. The van der Waals surface area contributed by atoms with Gasteiger partial charge in [0.25, 0.3) is 0 Å². The van der Waals surface area contributed by atoms with Crippen molar-refractivity contribution in [2.75, 3.05) is 12.3 Å². The smallest absolute Gasteiger partial charge is 0.343 e. The fraction of sp³-hybridized carbons (Fsp3) is 0.471. The molecule has 1 amide bonds. The van der Waals surface area contributed by atoms with Crippen LogP contribution >= 0.6 is 11.8 Å². The molecule has 1 fully saturated rings.